The highest BCUT2D eigenvalue weighted by atomic mass is 32.1. The van der Waals surface area contributed by atoms with E-state index in [1.165, 1.54) is 22.7 Å². The van der Waals surface area contributed by atoms with Crippen molar-refractivity contribution >= 4 is 39.5 Å². The van der Waals surface area contributed by atoms with Crippen molar-refractivity contribution in [3.63, 3.8) is 0 Å². The second kappa shape index (κ2) is 5.96. The van der Waals surface area contributed by atoms with Gasteiger partial charge < -0.3 is 5.32 Å². The quantitative estimate of drug-likeness (QED) is 0.851. The van der Waals surface area contributed by atoms with Gasteiger partial charge in [0.25, 0.3) is 11.8 Å². The summed E-state index contributed by atoms with van der Waals surface area (Å²) in [5.41, 5.74) is 3.11. The van der Waals surface area contributed by atoms with Crippen LogP contribution in [-0.2, 0) is 0 Å². The summed E-state index contributed by atoms with van der Waals surface area (Å²) in [5.74, 6) is -0.441. The van der Waals surface area contributed by atoms with Crippen LogP contribution in [0.15, 0.2) is 29.0 Å². The molecule has 0 fully saturated rings. The number of hydrazine groups is 1. The number of hydrogen-bond acceptors (Lipinski definition) is 5. The van der Waals surface area contributed by atoms with Gasteiger partial charge in [0.15, 0.2) is 0 Å². The van der Waals surface area contributed by atoms with Crippen molar-refractivity contribution in [3.05, 3.63) is 39.4 Å². The molecule has 0 aliphatic carbocycles. The van der Waals surface area contributed by atoms with Crippen molar-refractivity contribution in [2.24, 2.45) is 0 Å². The number of carbonyl (C=O) groups is 2. The average Bonchev–Trinajstić information content (AvgIpc) is 2.98. The van der Waals surface area contributed by atoms with Crippen LogP contribution in [0.4, 0.5) is 5.00 Å². The first-order chi connectivity index (χ1) is 9.08. The molecule has 2 aromatic heterocycles. The van der Waals surface area contributed by atoms with Crippen molar-refractivity contribution in [1.29, 1.82) is 0 Å². The van der Waals surface area contributed by atoms with E-state index in [0.717, 1.165) is 0 Å². The lowest BCUT2D eigenvalue weighted by Gasteiger charge is -2.12. The van der Waals surface area contributed by atoms with Gasteiger partial charge in [0.2, 0.25) is 0 Å². The summed E-state index contributed by atoms with van der Waals surface area (Å²) in [6.45, 7) is 0. The molecule has 0 bridgehead atoms. The maximum Gasteiger partial charge on any atom is 0.268 e. The molecule has 5 nitrogen and oxygen atoms in total. The minimum Gasteiger partial charge on any atom is -0.312 e. The van der Waals surface area contributed by atoms with Gasteiger partial charge >= 0.3 is 0 Å². The number of nitrogens with zero attached hydrogens (tertiary/aromatic N) is 1. The molecule has 0 aliphatic heterocycles. The molecule has 2 aromatic rings. The van der Waals surface area contributed by atoms with Crippen LogP contribution in [0.1, 0.15) is 20.0 Å². The monoisotopic (exact) mass is 295 g/mol. The molecule has 0 atom stereocenters. The number of carbonyl (C=O) groups excluding carboxylic acids is 2. The summed E-state index contributed by atoms with van der Waals surface area (Å²) in [4.78, 5) is 24.5. The minimum absolute atomic E-state index is 0.198. The first kappa shape index (κ1) is 13.7. The van der Waals surface area contributed by atoms with Crippen LogP contribution in [0.5, 0.6) is 0 Å². The van der Waals surface area contributed by atoms with E-state index in [4.69, 9.17) is 0 Å². The SMILES string of the molecule is CN(C)NC(=O)c1ccsc1NC(=O)c1cccs1. The number of rotatable bonds is 4. The molecule has 0 aliphatic rings. The Morgan fingerprint density at radius 2 is 1.89 bits per heavy atom. The number of amides is 2. The predicted octanol–water partition coefficient (Wildman–Crippen LogP) is 2.27. The molecule has 0 saturated carbocycles. The molecule has 0 spiro atoms. The van der Waals surface area contributed by atoms with Gasteiger partial charge in [0.05, 0.1) is 10.4 Å². The Balaban J connectivity index is 2.12. The average molecular weight is 295 g/mol. The maximum atomic E-state index is 11.9. The van der Waals surface area contributed by atoms with Crippen LogP contribution in [0.3, 0.4) is 0 Å². The molecule has 2 rings (SSSR count). The third-order valence-electron chi connectivity index (χ3n) is 2.21. The smallest absolute Gasteiger partial charge is 0.268 e. The lowest BCUT2D eigenvalue weighted by atomic mass is 10.3. The molecule has 100 valence electrons. The highest BCUT2D eigenvalue weighted by molar-refractivity contribution is 7.15. The van der Waals surface area contributed by atoms with E-state index >= 15 is 0 Å². The van der Waals surface area contributed by atoms with Gasteiger partial charge in [0, 0.05) is 14.1 Å². The Hall–Kier alpha value is -1.70. The van der Waals surface area contributed by atoms with E-state index in [9.17, 15) is 9.59 Å². The molecule has 19 heavy (non-hydrogen) atoms. The summed E-state index contributed by atoms with van der Waals surface area (Å²) >= 11 is 2.69. The van der Waals surface area contributed by atoms with Crippen LogP contribution in [0.25, 0.3) is 0 Å². The van der Waals surface area contributed by atoms with Crippen LogP contribution >= 0.6 is 22.7 Å². The van der Waals surface area contributed by atoms with Gasteiger partial charge in [0.1, 0.15) is 5.00 Å². The Labute approximate surface area is 118 Å². The molecule has 2 N–H and O–H groups in total. The zero-order valence-electron chi connectivity index (χ0n) is 10.5. The molecule has 0 saturated heterocycles. The second-order valence-corrected chi connectivity index (χ2v) is 5.79. The van der Waals surface area contributed by atoms with Crippen molar-refractivity contribution < 1.29 is 9.59 Å². The normalized spacial score (nSPS) is 10.5. The maximum absolute atomic E-state index is 11.9. The highest BCUT2D eigenvalue weighted by Gasteiger charge is 2.16. The molecular formula is C12H13N3O2S2. The lowest BCUT2D eigenvalue weighted by molar-refractivity contribution is 0.0858. The third kappa shape index (κ3) is 3.40. The van der Waals surface area contributed by atoms with Gasteiger partial charge in [-0.2, -0.15) is 0 Å². The second-order valence-electron chi connectivity index (χ2n) is 3.93. The topological polar surface area (TPSA) is 61.4 Å². The van der Waals surface area contributed by atoms with Crippen molar-refractivity contribution in [2.45, 2.75) is 0 Å². The van der Waals surface area contributed by atoms with Gasteiger partial charge in [-0.15, -0.1) is 22.7 Å². The molecule has 0 aromatic carbocycles. The minimum atomic E-state index is -0.243. The van der Waals surface area contributed by atoms with Gasteiger partial charge in [-0.1, -0.05) is 6.07 Å². The Bertz CT molecular complexity index is 576. The summed E-state index contributed by atoms with van der Waals surface area (Å²) in [5, 5.41) is 8.48. The first-order valence-electron chi connectivity index (χ1n) is 5.48. The number of anilines is 1. The summed E-state index contributed by atoms with van der Waals surface area (Å²) in [6.07, 6.45) is 0. The Morgan fingerprint density at radius 1 is 1.11 bits per heavy atom. The van der Waals surface area contributed by atoms with E-state index in [0.29, 0.717) is 15.4 Å². The highest BCUT2D eigenvalue weighted by Crippen LogP contribution is 2.24. The fourth-order valence-corrected chi connectivity index (χ4v) is 2.82. The summed E-state index contributed by atoms with van der Waals surface area (Å²) < 4.78 is 0. The van der Waals surface area contributed by atoms with Gasteiger partial charge in [-0.3, -0.25) is 15.0 Å². The molecule has 0 radical (unpaired) electrons. The fraction of sp³-hybridized carbons (Fsp3) is 0.167. The van der Waals surface area contributed by atoms with Crippen LogP contribution in [0, 0.1) is 0 Å². The zero-order chi connectivity index (χ0) is 13.8. The fourth-order valence-electron chi connectivity index (χ4n) is 1.42. The van der Waals surface area contributed by atoms with Crippen LogP contribution in [-0.4, -0.2) is 30.9 Å². The molecule has 0 unspecified atom stereocenters. The van der Waals surface area contributed by atoms with Crippen molar-refractivity contribution in [1.82, 2.24) is 10.4 Å². The van der Waals surface area contributed by atoms with E-state index in [-0.39, 0.29) is 11.8 Å². The standard InChI is InChI=1S/C12H13N3O2S2/c1-15(2)14-10(16)8-5-7-19-12(8)13-11(17)9-4-3-6-18-9/h3-7H,1-2H3,(H,13,17)(H,14,16). The Kier molecular flexibility index (Phi) is 4.31. The molecule has 2 amide bonds. The van der Waals surface area contributed by atoms with Gasteiger partial charge in [-0.05, 0) is 22.9 Å². The number of nitrogens with one attached hydrogen (secondary N) is 2. The van der Waals surface area contributed by atoms with E-state index < -0.39 is 0 Å². The van der Waals surface area contributed by atoms with E-state index in [2.05, 4.69) is 10.7 Å². The zero-order valence-corrected chi connectivity index (χ0v) is 12.1. The summed E-state index contributed by atoms with van der Waals surface area (Å²) in [7, 11) is 3.46. The molecular weight excluding hydrogens is 282 g/mol. The van der Waals surface area contributed by atoms with Gasteiger partial charge in [-0.25, -0.2) is 5.01 Å². The molecule has 7 heteroatoms. The largest absolute Gasteiger partial charge is 0.312 e. The van der Waals surface area contributed by atoms with Crippen LogP contribution in [0.2, 0.25) is 0 Å². The predicted molar refractivity (Wildman–Crippen MR) is 77.7 cm³/mol. The molecule has 2 heterocycles. The first-order valence-corrected chi connectivity index (χ1v) is 7.24. The lowest BCUT2D eigenvalue weighted by Crippen LogP contribution is -2.36. The van der Waals surface area contributed by atoms with Crippen LogP contribution < -0.4 is 10.7 Å². The van der Waals surface area contributed by atoms with Crippen molar-refractivity contribution in [2.75, 3.05) is 19.4 Å². The number of hydrogen-bond donors (Lipinski definition) is 2. The van der Waals surface area contributed by atoms with Crippen molar-refractivity contribution in [3.8, 4) is 0 Å². The number of thiophene rings is 2. The van der Waals surface area contributed by atoms with E-state index in [1.807, 2.05) is 11.4 Å². The Morgan fingerprint density at radius 3 is 2.53 bits per heavy atom. The van der Waals surface area contributed by atoms with E-state index in [1.54, 1.807) is 36.6 Å². The third-order valence-corrected chi connectivity index (χ3v) is 3.91. The summed E-state index contributed by atoms with van der Waals surface area (Å²) in [6, 6.07) is 5.24.